The quantitative estimate of drug-likeness (QED) is 0.724. The Labute approximate surface area is 91.6 Å². The van der Waals surface area contributed by atoms with E-state index in [1.54, 1.807) is 0 Å². The molecule has 2 bridgehead atoms. The van der Waals surface area contributed by atoms with E-state index in [-0.39, 0.29) is 5.97 Å². The first-order chi connectivity index (χ1) is 7.28. The summed E-state index contributed by atoms with van der Waals surface area (Å²) in [6.45, 7) is 0. The molecule has 2 aliphatic rings. The zero-order chi connectivity index (χ0) is 10.7. The van der Waals surface area contributed by atoms with Crippen LogP contribution in [0.4, 0.5) is 0 Å². The molecule has 0 radical (unpaired) electrons. The fourth-order valence-corrected chi connectivity index (χ4v) is 3.04. The van der Waals surface area contributed by atoms with E-state index in [1.165, 1.54) is 39.2 Å². The van der Waals surface area contributed by atoms with Crippen LogP contribution in [0.3, 0.4) is 0 Å². The van der Waals surface area contributed by atoms with Gasteiger partial charge in [-0.1, -0.05) is 6.42 Å². The Morgan fingerprint density at radius 2 is 2.00 bits per heavy atom. The minimum Gasteiger partial charge on any atom is -0.469 e. The van der Waals surface area contributed by atoms with Crippen molar-refractivity contribution in [3.63, 3.8) is 0 Å². The van der Waals surface area contributed by atoms with Crippen LogP contribution in [0.5, 0.6) is 0 Å². The van der Waals surface area contributed by atoms with Gasteiger partial charge in [0, 0.05) is 18.5 Å². The van der Waals surface area contributed by atoms with Crippen LogP contribution >= 0.6 is 0 Å². The summed E-state index contributed by atoms with van der Waals surface area (Å²) in [7, 11) is 1.47. The van der Waals surface area contributed by atoms with Crippen LogP contribution in [0, 0.1) is 5.92 Å². The van der Waals surface area contributed by atoms with E-state index < -0.39 is 0 Å². The molecular weight excluding hydrogens is 190 g/mol. The lowest BCUT2D eigenvalue weighted by Crippen LogP contribution is -2.48. The molecule has 2 fully saturated rings. The van der Waals surface area contributed by atoms with E-state index in [2.05, 4.69) is 10.1 Å². The monoisotopic (exact) mass is 211 g/mol. The highest BCUT2D eigenvalue weighted by Gasteiger charge is 2.30. The first kappa shape index (κ1) is 10.9. The van der Waals surface area contributed by atoms with Gasteiger partial charge in [-0.3, -0.25) is 4.79 Å². The third-order valence-electron chi connectivity index (χ3n) is 3.80. The SMILES string of the molecule is COC(=O)CCC1CC2CCCC(C1)N2. The summed E-state index contributed by atoms with van der Waals surface area (Å²) in [6.07, 6.45) is 8.16. The Hall–Kier alpha value is -0.570. The number of rotatable bonds is 3. The van der Waals surface area contributed by atoms with Crippen molar-refractivity contribution in [2.45, 2.75) is 57.0 Å². The minimum absolute atomic E-state index is 0.0568. The summed E-state index contributed by atoms with van der Waals surface area (Å²) in [4.78, 5) is 11.1. The predicted molar refractivity (Wildman–Crippen MR) is 58.5 cm³/mol. The molecule has 0 saturated carbocycles. The first-order valence-electron chi connectivity index (χ1n) is 6.11. The van der Waals surface area contributed by atoms with Crippen molar-refractivity contribution in [1.82, 2.24) is 5.32 Å². The summed E-state index contributed by atoms with van der Waals surface area (Å²) in [5.41, 5.74) is 0. The second-order valence-electron chi connectivity index (χ2n) is 4.94. The maximum Gasteiger partial charge on any atom is 0.305 e. The molecule has 0 aliphatic carbocycles. The molecule has 3 nitrogen and oxygen atoms in total. The number of ether oxygens (including phenoxy) is 1. The third kappa shape index (κ3) is 2.94. The van der Waals surface area contributed by atoms with Crippen molar-refractivity contribution in [2.75, 3.05) is 7.11 Å². The molecule has 0 aromatic carbocycles. The van der Waals surface area contributed by atoms with Gasteiger partial charge in [0.2, 0.25) is 0 Å². The van der Waals surface area contributed by atoms with Crippen LogP contribution in [-0.2, 0) is 9.53 Å². The fraction of sp³-hybridized carbons (Fsp3) is 0.917. The highest BCUT2D eigenvalue weighted by atomic mass is 16.5. The molecule has 1 N–H and O–H groups in total. The average Bonchev–Trinajstić information content (AvgIpc) is 2.25. The molecule has 0 aromatic heterocycles. The van der Waals surface area contributed by atoms with E-state index in [4.69, 9.17) is 0 Å². The van der Waals surface area contributed by atoms with Gasteiger partial charge in [0.05, 0.1) is 7.11 Å². The number of carbonyl (C=O) groups excluding carboxylic acids is 1. The van der Waals surface area contributed by atoms with Crippen molar-refractivity contribution < 1.29 is 9.53 Å². The van der Waals surface area contributed by atoms with Crippen LogP contribution in [0.25, 0.3) is 0 Å². The summed E-state index contributed by atoms with van der Waals surface area (Å²) in [5, 5.41) is 3.67. The molecular formula is C12H21NO2. The molecule has 2 heterocycles. The molecule has 3 heteroatoms. The Bertz CT molecular complexity index is 218. The van der Waals surface area contributed by atoms with Gasteiger partial charge in [0.1, 0.15) is 0 Å². The molecule has 2 saturated heterocycles. The molecule has 0 amide bonds. The summed E-state index contributed by atoms with van der Waals surface area (Å²) < 4.78 is 4.68. The van der Waals surface area contributed by atoms with Crippen molar-refractivity contribution in [3.8, 4) is 0 Å². The molecule has 2 aliphatic heterocycles. The van der Waals surface area contributed by atoms with E-state index in [1.807, 2.05) is 0 Å². The van der Waals surface area contributed by atoms with E-state index in [0.29, 0.717) is 6.42 Å². The van der Waals surface area contributed by atoms with Crippen molar-refractivity contribution >= 4 is 5.97 Å². The Morgan fingerprint density at radius 1 is 1.33 bits per heavy atom. The topological polar surface area (TPSA) is 38.3 Å². The molecule has 15 heavy (non-hydrogen) atoms. The second kappa shape index (κ2) is 4.97. The Kier molecular flexibility index (Phi) is 3.62. The zero-order valence-corrected chi connectivity index (χ0v) is 9.50. The van der Waals surface area contributed by atoms with Crippen LogP contribution in [-0.4, -0.2) is 25.2 Å². The molecule has 0 spiro atoms. The van der Waals surface area contributed by atoms with Gasteiger partial charge in [0.25, 0.3) is 0 Å². The van der Waals surface area contributed by atoms with Crippen LogP contribution in [0.15, 0.2) is 0 Å². The van der Waals surface area contributed by atoms with Gasteiger partial charge in [-0.05, 0) is 38.0 Å². The van der Waals surface area contributed by atoms with Crippen molar-refractivity contribution in [3.05, 3.63) is 0 Å². The van der Waals surface area contributed by atoms with Gasteiger partial charge in [0.15, 0.2) is 0 Å². The summed E-state index contributed by atoms with van der Waals surface area (Å²) in [6, 6.07) is 1.44. The lowest BCUT2D eigenvalue weighted by molar-refractivity contribution is -0.141. The number of nitrogens with one attached hydrogen (secondary N) is 1. The number of piperidine rings is 2. The lowest BCUT2D eigenvalue weighted by Gasteiger charge is -2.40. The van der Waals surface area contributed by atoms with Crippen molar-refractivity contribution in [1.29, 1.82) is 0 Å². The molecule has 0 aromatic rings. The molecule has 2 atom stereocenters. The number of hydrogen-bond acceptors (Lipinski definition) is 3. The smallest absolute Gasteiger partial charge is 0.305 e. The first-order valence-corrected chi connectivity index (χ1v) is 6.11. The van der Waals surface area contributed by atoms with Crippen molar-refractivity contribution in [2.24, 2.45) is 5.92 Å². The maximum absolute atomic E-state index is 11.1. The molecule has 86 valence electrons. The van der Waals surface area contributed by atoms with Crippen LogP contribution in [0.1, 0.15) is 44.9 Å². The molecule has 2 unspecified atom stereocenters. The number of carbonyl (C=O) groups is 1. The Morgan fingerprint density at radius 3 is 2.60 bits per heavy atom. The number of fused-ring (bicyclic) bond motifs is 2. The highest BCUT2D eigenvalue weighted by molar-refractivity contribution is 5.69. The fourth-order valence-electron chi connectivity index (χ4n) is 3.04. The van der Waals surface area contributed by atoms with E-state index in [9.17, 15) is 4.79 Å². The highest BCUT2D eigenvalue weighted by Crippen LogP contribution is 2.32. The van der Waals surface area contributed by atoms with E-state index in [0.717, 1.165) is 24.4 Å². The molecule has 2 rings (SSSR count). The second-order valence-corrected chi connectivity index (χ2v) is 4.94. The third-order valence-corrected chi connectivity index (χ3v) is 3.80. The average molecular weight is 211 g/mol. The van der Waals surface area contributed by atoms with Gasteiger partial charge < -0.3 is 10.1 Å². The summed E-state index contributed by atoms with van der Waals surface area (Å²) >= 11 is 0. The minimum atomic E-state index is -0.0568. The van der Waals surface area contributed by atoms with Gasteiger partial charge in [-0.25, -0.2) is 0 Å². The van der Waals surface area contributed by atoms with E-state index >= 15 is 0 Å². The van der Waals surface area contributed by atoms with Crippen LogP contribution < -0.4 is 5.32 Å². The maximum atomic E-state index is 11.1. The lowest BCUT2D eigenvalue weighted by atomic mass is 9.78. The van der Waals surface area contributed by atoms with Gasteiger partial charge in [-0.15, -0.1) is 0 Å². The summed E-state index contributed by atoms with van der Waals surface area (Å²) in [5.74, 6) is 0.680. The predicted octanol–water partition coefficient (Wildman–Crippen LogP) is 1.86. The largest absolute Gasteiger partial charge is 0.469 e. The van der Waals surface area contributed by atoms with Gasteiger partial charge in [-0.2, -0.15) is 0 Å². The van der Waals surface area contributed by atoms with Crippen LogP contribution in [0.2, 0.25) is 0 Å². The normalized spacial score (nSPS) is 34.9. The number of methoxy groups -OCH3 is 1. The standard InChI is InChI=1S/C12H21NO2/c1-15-12(14)6-5-9-7-10-3-2-4-11(8-9)13-10/h9-11,13H,2-8H2,1H3. The Balaban J connectivity index is 1.76. The zero-order valence-electron chi connectivity index (χ0n) is 9.50. The number of esters is 1. The van der Waals surface area contributed by atoms with Gasteiger partial charge >= 0.3 is 5.97 Å². The number of hydrogen-bond donors (Lipinski definition) is 1.